The first-order valence-corrected chi connectivity index (χ1v) is 8.38. The van der Waals surface area contributed by atoms with Gasteiger partial charge >= 0.3 is 5.97 Å². The van der Waals surface area contributed by atoms with Gasteiger partial charge in [-0.1, -0.05) is 0 Å². The minimum Gasteiger partial charge on any atom is -0.467 e. The van der Waals surface area contributed by atoms with E-state index in [1.807, 2.05) is 6.26 Å². The second-order valence-electron chi connectivity index (χ2n) is 3.71. The first-order valence-electron chi connectivity index (χ1n) is 5.84. The Bertz CT molecular complexity index is 445. The van der Waals surface area contributed by atoms with Crippen molar-refractivity contribution >= 4 is 41.5 Å². The van der Waals surface area contributed by atoms with Crippen LogP contribution in [0.4, 0.5) is 0 Å². The highest BCUT2D eigenvalue weighted by Gasteiger charge is 2.20. The first kappa shape index (κ1) is 16.7. The molecule has 0 saturated heterocycles. The summed E-state index contributed by atoms with van der Waals surface area (Å²) in [7, 11) is 1.30. The van der Waals surface area contributed by atoms with Crippen LogP contribution < -0.4 is 5.32 Å². The fraction of sp³-hybridized carbons (Fsp3) is 0.385. The molecule has 1 aromatic heterocycles. The number of hydrogen-bond acceptors (Lipinski definition) is 6. The molecule has 0 aromatic carbocycles. The van der Waals surface area contributed by atoms with Gasteiger partial charge in [0.15, 0.2) is 0 Å². The monoisotopic (exact) mass is 315 g/mol. The summed E-state index contributed by atoms with van der Waals surface area (Å²) in [6.45, 7) is 0. The lowest BCUT2D eigenvalue weighted by atomic mass is 10.3. The van der Waals surface area contributed by atoms with Crippen molar-refractivity contribution in [2.75, 3.05) is 24.2 Å². The Morgan fingerprint density at radius 3 is 2.95 bits per heavy atom. The van der Waals surface area contributed by atoms with Crippen LogP contribution in [-0.2, 0) is 14.3 Å². The number of rotatable bonds is 8. The van der Waals surface area contributed by atoms with Crippen LogP contribution in [0.3, 0.4) is 0 Å². The second kappa shape index (κ2) is 9.55. The number of thioether (sulfide) groups is 2. The summed E-state index contributed by atoms with van der Waals surface area (Å²) in [5.74, 6) is 0.250. The van der Waals surface area contributed by atoms with Crippen molar-refractivity contribution in [1.29, 1.82) is 0 Å². The molecule has 0 aliphatic carbocycles. The van der Waals surface area contributed by atoms with E-state index in [-0.39, 0.29) is 5.91 Å². The summed E-state index contributed by atoms with van der Waals surface area (Å²) in [6, 6.07) is 2.81. The zero-order chi connectivity index (χ0) is 14.8. The fourth-order valence-corrected chi connectivity index (χ4v) is 2.83. The zero-order valence-corrected chi connectivity index (χ0v) is 13.0. The molecule has 1 heterocycles. The Morgan fingerprint density at radius 1 is 1.55 bits per heavy atom. The molecule has 1 rings (SSSR count). The van der Waals surface area contributed by atoms with Gasteiger partial charge < -0.3 is 14.5 Å². The minimum absolute atomic E-state index is 0.360. The molecular weight excluding hydrogens is 298 g/mol. The Labute approximate surface area is 126 Å². The van der Waals surface area contributed by atoms with E-state index in [4.69, 9.17) is 4.42 Å². The maximum atomic E-state index is 11.7. The van der Waals surface area contributed by atoms with E-state index in [9.17, 15) is 9.59 Å². The third-order valence-electron chi connectivity index (χ3n) is 2.23. The largest absolute Gasteiger partial charge is 0.467 e. The third-order valence-corrected chi connectivity index (χ3v) is 4.41. The number of carbonyl (C=O) groups excluding carboxylic acids is 2. The van der Waals surface area contributed by atoms with E-state index in [0.717, 1.165) is 5.08 Å². The van der Waals surface area contributed by atoms with Crippen LogP contribution in [0.5, 0.6) is 0 Å². The van der Waals surface area contributed by atoms with Gasteiger partial charge in [-0.05, 0) is 24.5 Å². The Balaban J connectivity index is 2.50. The van der Waals surface area contributed by atoms with Gasteiger partial charge in [0.2, 0.25) is 5.91 Å². The standard InChI is InChI=1S/C13H17NO4S2/c1-17-13(16)11(8-20-9-19-2)14-12(15)6-5-10-4-3-7-18-10/h3-7,11H,8-9H2,1-2H3,(H,14,15)/b6-5+. The minimum atomic E-state index is -0.647. The van der Waals surface area contributed by atoms with Crippen molar-refractivity contribution in [2.45, 2.75) is 6.04 Å². The summed E-state index contributed by atoms with van der Waals surface area (Å²) < 4.78 is 9.75. The van der Waals surface area contributed by atoms with Crippen molar-refractivity contribution in [3.63, 3.8) is 0 Å². The molecule has 7 heteroatoms. The first-order chi connectivity index (χ1) is 9.67. The number of ether oxygens (including phenoxy) is 1. The molecule has 1 N–H and O–H groups in total. The average Bonchev–Trinajstić information content (AvgIpc) is 2.96. The maximum absolute atomic E-state index is 11.7. The van der Waals surface area contributed by atoms with Crippen LogP contribution >= 0.6 is 23.5 Å². The molecular formula is C13H17NO4S2. The van der Waals surface area contributed by atoms with Gasteiger partial charge in [0, 0.05) is 16.9 Å². The molecule has 0 radical (unpaired) electrons. The summed E-state index contributed by atoms with van der Waals surface area (Å²) >= 11 is 3.23. The summed E-state index contributed by atoms with van der Waals surface area (Å²) in [5, 5.41) is 3.47. The average molecular weight is 315 g/mol. The van der Waals surface area contributed by atoms with E-state index >= 15 is 0 Å². The van der Waals surface area contributed by atoms with Crippen LogP contribution in [0.1, 0.15) is 5.76 Å². The molecule has 1 unspecified atom stereocenters. The lowest BCUT2D eigenvalue weighted by Gasteiger charge is -2.14. The normalized spacial score (nSPS) is 12.3. The molecule has 1 amide bonds. The maximum Gasteiger partial charge on any atom is 0.329 e. The topological polar surface area (TPSA) is 68.5 Å². The van der Waals surface area contributed by atoms with Crippen molar-refractivity contribution in [1.82, 2.24) is 5.32 Å². The van der Waals surface area contributed by atoms with Crippen LogP contribution in [0.2, 0.25) is 0 Å². The molecule has 0 saturated carbocycles. The zero-order valence-electron chi connectivity index (χ0n) is 11.3. The summed E-state index contributed by atoms with van der Waals surface area (Å²) in [5.41, 5.74) is 0. The Morgan fingerprint density at radius 2 is 2.35 bits per heavy atom. The van der Waals surface area contributed by atoms with Crippen molar-refractivity contribution in [3.05, 3.63) is 30.2 Å². The highest BCUT2D eigenvalue weighted by atomic mass is 32.2. The number of methoxy groups -OCH3 is 1. The molecule has 110 valence electrons. The van der Waals surface area contributed by atoms with Gasteiger partial charge in [-0.2, -0.15) is 11.8 Å². The number of furan rings is 1. The third kappa shape index (κ3) is 6.21. The lowest BCUT2D eigenvalue weighted by Crippen LogP contribution is -2.42. The predicted octanol–water partition coefficient (Wildman–Crippen LogP) is 2.00. The quantitative estimate of drug-likeness (QED) is 0.342. The molecule has 0 fully saturated rings. The highest BCUT2D eigenvalue weighted by molar-refractivity contribution is 8.15. The predicted molar refractivity (Wildman–Crippen MR) is 82.5 cm³/mol. The van der Waals surface area contributed by atoms with Crippen molar-refractivity contribution < 1.29 is 18.7 Å². The lowest BCUT2D eigenvalue weighted by molar-refractivity contribution is -0.143. The Hall–Kier alpha value is -1.34. The van der Waals surface area contributed by atoms with Gasteiger partial charge in [-0.25, -0.2) is 4.79 Å². The number of carbonyl (C=O) groups is 2. The van der Waals surface area contributed by atoms with Gasteiger partial charge in [0.05, 0.1) is 13.4 Å². The molecule has 0 aliphatic heterocycles. The van der Waals surface area contributed by atoms with Crippen LogP contribution in [0, 0.1) is 0 Å². The van der Waals surface area contributed by atoms with E-state index in [1.54, 1.807) is 41.7 Å². The SMILES string of the molecule is COC(=O)C(CSCSC)NC(=O)/C=C/c1ccco1. The molecule has 0 aliphatic rings. The van der Waals surface area contributed by atoms with Gasteiger partial charge in [0.25, 0.3) is 0 Å². The van der Waals surface area contributed by atoms with E-state index in [1.165, 1.54) is 19.4 Å². The van der Waals surface area contributed by atoms with Crippen molar-refractivity contribution in [3.8, 4) is 0 Å². The van der Waals surface area contributed by atoms with E-state index in [2.05, 4.69) is 10.1 Å². The van der Waals surface area contributed by atoms with Gasteiger partial charge in [-0.15, -0.1) is 11.8 Å². The molecule has 1 atom stereocenters. The summed E-state index contributed by atoms with van der Waals surface area (Å²) in [6.07, 6.45) is 6.37. The highest BCUT2D eigenvalue weighted by Crippen LogP contribution is 2.10. The molecule has 5 nitrogen and oxygen atoms in total. The van der Waals surface area contributed by atoms with E-state index < -0.39 is 12.0 Å². The number of hydrogen-bond donors (Lipinski definition) is 1. The van der Waals surface area contributed by atoms with Crippen LogP contribution in [-0.4, -0.2) is 42.1 Å². The smallest absolute Gasteiger partial charge is 0.329 e. The van der Waals surface area contributed by atoms with Crippen LogP contribution in [0.15, 0.2) is 28.9 Å². The molecule has 0 spiro atoms. The van der Waals surface area contributed by atoms with Gasteiger partial charge in [0.1, 0.15) is 11.8 Å². The number of nitrogens with one attached hydrogen (secondary N) is 1. The van der Waals surface area contributed by atoms with Crippen molar-refractivity contribution in [2.24, 2.45) is 0 Å². The number of amides is 1. The molecule has 20 heavy (non-hydrogen) atoms. The Kier molecular flexibility index (Phi) is 7.98. The summed E-state index contributed by atoms with van der Waals surface area (Å²) in [4.78, 5) is 23.3. The van der Waals surface area contributed by atoms with Gasteiger partial charge in [-0.3, -0.25) is 4.79 Å². The van der Waals surface area contributed by atoms with Crippen LogP contribution in [0.25, 0.3) is 6.08 Å². The number of esters is 1. The molecule has 0 bridgehead atoms. The fourth-order valence-electron chi connectivity index (χ4n) is 1.32. The molecule has 1 aromatic rings. The second-order valence-corrected chi connectivity index (χ2v) is 5.97. The van der Waals surface area contributed by atoms with E-state index in [0.29, 0.717) is 11.5 Å².